The number of ketones is 1. The molecule has 0 fully saturated rings. The quantitative estimate of drug-likeness (QED) is 0.763. The standard InChI is InChI=1S/C13H10Br2OS/c14-10-3-1-2-9(6-10)7-11(16)8-12-4-5-13(15)17-12/h1-6H,7-8H2. The van der Waals surface area contributed by atoms with Gasteiger partial charge in [0.2, 0.25) is 0 Å². The molecule has 0 aliphatic rings. The van der Waals surface area contributed by atoms with E-state index in [1.165, 1.54) is 0 Å². The second-order valence-corrected chi connectivity index (χ2v) is 7.19. The van der Waals surface area contributed by atoms with Crippen LogP contribution in [0.15, 0.2) is 44.7 Å². The summed E-state index contributed by atoms with van der Waals surface area (Å²) in [5.74, 6) is 0.248. The van der Waals surface area contributed by atoms with E-state index in [1.54, 1.807) is 11.3 Å². The molecule has 0 saturated heterocycles. The minimum atomic E-state index is 0.248. The monoisotopic (exact) mass is 372 g/mol. The highest BCUT2D eigenvalue weighted by Gasteiger charge is 2.07. The van der Waals surface area contributed by atoms with E-state index in [0.717, 1.165) is 18.7 Å². The van der Waals surface area contributed by atoms with Crippen LogP contribution in [0.3, 0.4) is 0 Å². The highest BCUT2D eigenvalue weighted by molar-refractivity contribution is 9.11. The summed E-state index contributed by atoms with van der Waals surface area (Å²) >= 11 is 8.42. The van der Waals surface area contributed by atoms with E-state index in [-0.39, 0.29) is 5.78 Å². The lowest BCUT2D eigenvalue weighted by molar-refractivity contribution is -0.117. The van der Waals surface area contributed by atoms with Crippen LogP contribution < -0.4 is 0 Å². The van der Waals surface area contributed by atoms with Gasteiger partial charge in [0, 0.05) is 22.2 Å². The van der Waals surface area contributed by atoms with Crippen LogP contribution in [0, 0.1) is 0 Å². The fraction of sp³-hybridized carbons (Fsp3) is 0.154. The van der Waals surface area contributed by atoms with Crippen LogP contribution in [-0.4, -0.2) is 5.78 Å². The highest BCUT2D eigenvalue weighted by Crippen LogP contribution is 2.23. The van der Waals surface area contributed by atoms with E-state index in [9.17, 15) is 4.79 Å². The Morgan fingerprint density at radius 1 is 1.12 bits per heavy atom. The van der Waals surface area contributed by atoms with Gasteiger partial charge in [-0.2, -0.15) is 0 Å². The molecule has 0 atom stereocenters. The van der Waals surface area contributed by atoms with Crippen molar-refractivity contribution in [1.82, 2.24) is 0 Å². The fourth-order valence-corrected chi connectivity index (χ4v) is 3.54. The molecular formula is C13H10Br2OS. The smallest absolute Gasteiger partial charge is 0.142 e. The van der Waals surface area contributed by atoms with E-state index in [0.29, 0.717) is 12.8 Å². The zero-order valence-electron chi connectivity index (χ0n) is 8.95. The van der Waals surface area contributed by atoms with E-state index in [4.69, 9.17) is 0 Å². The van der Waals surface area contributed by atoms with Crippen molar-refractivity contribution < 1.29 is 4.79 Å². The van der Waals surface area contributed by atoms with Crippen molar-refractivity contribution in [2.45, 2.75) is 12.8 Å². The van der Waals surface area contributed by atoms with Gasteiger partial charge in [0.05, 0.1) is 3.79 Å². The molecule has 1 aromatic heterocycles. The van der Waals surface area contributed by atoms with E-state index in [1.807, 2.05) is 36.4 Å². The molecule has 4 heteroatoms. The number of hydrogen-bond acceptors (Lipinski definition) is 2. The zero-order valence-corrected chi connectivity index (χ0v) is 12.9. The Kier molecular flexibility index (Phi) is 4.54. The van der Waals surface area contributed by atoms with Gasteiger partial charge in [-0.25, -0.2) is 0 Å². The van der Waals surface area contributed by atoms with E-state index >= 15 is 0 Å². The van der Waals surface area contributed by atoms with E-state index < -0.39 is 0 Å². The molecule has 0 saturated carbocycles. The average molecular weight is 374 g/mol. The largest absolute Gasteiger partial charge is 0.299 e. The molecule has 0 bridgehead atoms. The van der Waals surface area contributed by atoms with Crippen LogP contribution >= 0.6 is 43.2 Å². The Bertz CT molecular complexity index is 534. The third-order valence-corrected chi connectivity index (χ3v) is 4.41. The molecule has 0 radical (unpaired) electrons. The number of benzene rings is 1. The van der Waals surface area contributed by atoms with Crippen molar-refractivity contribution in [3.63, 3.8) is 0 Å². The summed E-state index contributed by atoms with van der Waals surface area (Å²) in [5, 5.41) is 0. The molecule has 17 heavy (non-hydrogen) atoms. The third-order valence-electron chi connectivity index (χ3n) is 2.29. The minimum absolute atomic E-state index is 0.248. The second-order valence-electron chi connectivity index (χ2n) is 3.73. The van der Waals surface area contributed by atoms with Crippen LogP contribution in [0.4, 0.5) is 0 Å². The first kappa shape index (κ1) is 13.0. The molecule has 88 valence electrons. The predicted molar refractivity (Wildman–Crippen MR) is 78.6 cm³/mol. The van der Waals surface area contributed by atoms with Crippen LogP contribution in [0.2, 0.25) is 0 Å². The summed E-state index contributed by atoms with van der Waals surface area (Å²) in [6, 6.07) is 11.9. The molecule has 0 aliphatic carbocycles. The lowest BCUT2D eigenvalue weighted by Crippen LogP contribution is -2.05. The molecule has 1 heterocycles. The SMILES string of the molecule is O=C(Cc1cccc(Br)c1)Cc1ccc(Br)s1. The molecule has 1 nitrogen and oxygen atoms in total. The number of hydrogen-bond donors (Lipinski definition) is 0. The van der Waals surface area contributed by atoms with Gasteiger partial charge < -0.3 is 0 Å². The normalized spacial score (nSPS) is 10.5. The lowest BCUT2D eigenvalue weighted by Gasteiger charge is -2.00. The third kappa shape index (κ3) is 4.05. The average Bonchev–Trinajstić information content (AvgIpc) is 2.63. The lowest BCUT2D eigenvalue weighted by atomic mass is 10.1. The van der Waals surface area contributed by atoms with Crippen molar-refractivity contribution in [1.29, 1.82) is 0 Å². The molecular weight excluding hydrogens is 364 g/mol. The molecule has 0 amide bonds. The summed E-state index contributed by atoms with van der Waals surface area (Å²) in [6.07, 6.45) is 1.01. The van der Waals surface area contributed by atoms with E-state index in [2.05, 4.69) is 31.9 Å². The van der Waals surface area contributed by atoms with Crippen LogP contribution in [0.25, 0.3) is 0 Å². The van der Waals surface area contributed by atoms with Crippen molar-refractivity contribution >= 4 is 49.0 Å². The molecule has 2 aromatic rings. The Balaban J connectivity index is 1.98. The van der Waals surface area contributed by atoms with Crippen molar-refractivity contribution in [3.05, 3.63) is 55.1 Å². The fourth-order valence-electron chi connectivity index (χ4n) is 1.58. The molecule has 0 unspecified atom stereocenters. The van der Waals surface area contributed by atoms with Gasteiger partial charge in [-0.3, -0.25) is 4.79 Å². The van der Waals surface area contributed by atoms with Crippen LogP contribution in [0.5, 0.6) is 0 Å². The summed E-state index contributed by atoms with van der Waals surface area (Å²) in [7, 11) is 0. The van der Waals surface area contributed by atoms with Gasteiger partial charge in [-0.1, -0.05) is 28.1 Å². The second kappa shape index (κ2) is 5.94. The Labute approximate surface area is 121 Å². The molecule has 1 aromatic carbocycles. The maximum absolute atomic E-state index is 11.9. The Morgan fingerprint density at radius 3 is 2.59 bits per heavy atom. The maximum Gasteiger partial charge on any atom is 0.142 e. The summed E-state index contributed by atoms with van der Waals surface area (Å²) in [5.41, 5.74) is 1.06. The number of thiophene rings is 1. The summed E-state index contributed by atoms with van der Waals surface area (Å²) in [4.78, 5) is 13.0. The number of rotatable bonds is 4. The van der Waals surface area contributed by atoms with Gasteiger partial charge >= 0.3 is 0 Å². The predicted octanol–water partition coefficient (Wildman–Crippen LogP) is 4.63. The summed E-state index contributed by atoms with van der Waals surface area (Å²) in [6.45, 7) is 0. The van der Waals surface area contributed by atoms with Crippen molar-refractivity contribution in [2.75, 3.05) is 0 Å². The van der Waals surface area contributed by atoms with Crippen molar-refractivity contribution in [3.8, 4) is 0 Å². The van der Waals surface area contributed by atoms with Gasteiger partial charge in [0.15, 0.2) is 0 Å². The number of Topliss-reactive ketones (excluding diaryl/α,β-unsaturated/α-hetero) is 1. The first-order valence-electron chi connectivity index (χ1n) is 5.14. The van der Waals surface area contributed by atoms with Crippen molar-refractivity contribution in [2.24, 2.45) is 0 Å². The molecule has 0 aliphatic heterocycles. The topological polar surface area (TPSA) is 17.1 Å². The summed E-state index contributed by atoms with van der Waals surface area (Å²) < 4.78 is 2.09. The number of carbonyl (C=O) groups excluding carboxylic acids is 1. The Morgan fingerprint density at radius 2 is 1.94 bits per heavy atom. The zero-order chi connectivity index (χ0) is 12.3. The number of halogens is 2. The van der Waals surface area contributed by atoms with Gasteiger partial charge in [-0.15, -0.1) is 11.3 Å². The van der Waals surface area contributed by atoms with Gasteiger partial charge in [-0.05, 0) is 45.8 Å². The van der Waals surface area contributed by atoms with Gasteiger partial charge in [0.1, 0.15) is 5.78 Å². The number of carbonyl (C=O) groups is 1. The van der Waals surface area contributed by atoms with Crippen LogP contribution in [-0.2, 0) is 17.6 Å². The van der Waals surface area contributed by atoms with Gasteiger partial charge in [0.25, 0.3) is 0 Å². The first-order valence-corrected chi connectivity index (χ1v) is 7.54. The minimum Gasteiger partial charge on any atom is -0.299 e. The molecule has 2 rings (SSSR count). The molecule has 0 N–H and O–H groups in total. The highest BCUT2D eigenvalue weighted by atomic mass is 79.9. The van der Waals surface area contributed by atoms with Crippen LogP contribution in [0.1, 0.15) is 10.4 Å². The maximum atomic E-state index is 11.9. The Hall–Kier alpha value is -0.450. The first-order chi connectivity index (χ1) is 8.13. The molecule has 0 spiro atoms.